The molecule has 0 fully saturated rings. The maximum absolute atomic E-state index is 2.55. The molecule has 3 heteroatoms. The Morgan fingerprint density at radius 3 is 0.785 bits per heavy atom. The van der Waals surface area contributed by atoms with E-state index >= 15 is 0 Å². The summed E-state index contributed by atoms with van der Waals surface area (Å²) in [6.07, 6.45) is 0. The Hall–Kier alpha value is -10.5. The van der Waals surface area contributed by atoms with Crippen molar-refractivity contribution < 1.29 is 0 Å². The van der Waals surface area contributed by atoms with Gasteiger partial charge < -0.3 is 13.7 Å². The highest BCUT2D eigenvalue weighted by Crippen LogP contribution is 2.44. The second-order valence-electron chi connectivity index (χ2n) is 21.3. The molecule has 0 amide bonds. The zero-order valence-corrected chi connectivity index (χ0v) is 43.0. The molecule has 0 aliphatic rings. The van der Waals surface area contributed by atoms with Gasteiger partial charge in [0.25, 0.3) is 0 Å². The predicted molar refractivity (Wildman–Crippen MR) is 335 cm³/mol. The van der Waals surface area contributed by atoms with Crippen LogP contribution < -0.4 is 0 Å². The third-order valence-corrected chi connectivity index (χ3v) is 16.9. The van der Waals surface area contributed by atoms with Crippen LogP contribution in [-0.2, 0) is 0 Å². The zero-order chi connectivity index (χ0) is 51.7. The van der Waals surface area contributed by atoms with Crippen LogP contribution in [0.4, 0.5) is 0 Å². The van der Waals surface area contributed by atoms with Gasteiger partial charge in [-0.1, -0.05) is 224 Å². The van der Waals surface area contributed by atoms with Crippen LogP contribution >= 0.6 is 0 Å². The molecule has 0 saturated carbocycles. The van der Waals surface area contributed by atoms with Gasteiger partial charge in [0.1, 0.15) is 0 Å². The molecule has 0 aliphatic heterocycles. The second-order valence-corrected chi connectivity index (χ2v) is 21.3. The van der Waals surface area contributed by atoms with Crippen molar-refractivity contribution in [3.05, 3.63) is 285 Å². The van der Waals surface area contributed by atoms with E-state index in [1.807, 2.05) is 0 Å². The normalized spacial score (nSPS) is 12.1. The van der Waals surface area contributed by atoms with Crippen LogP contribution in [0.15, 0.2) is 285 Å². The summed E-state index contributed by atoms with van der Waals surface area (Å²) in [6.45, 7) is 0. The molecule has 0 N–H and O–H groups in total. The Kier molecular flexibility index (Phi) is 9.42. The van der Waals surface area contributed by atoms with Crippen molar-refractivity contribution in [1.82, 2.24) is 13.7 Å². The highest BCUT2D eigenvalue weighted by atomic mass is 15.0. The van der Waals surface area contributed by atoms with E-state index in [1.165, 1.54) is 131 Å². The van der Waals surface area contributed by atoms with Crippen molar-refractivity contribution in [2.24, 2.45) is 0 Å². The largest absolute Gasteiger partial charge is 0.309 e. The standard InChI is InChI=1S/C76H47N3/c1-5-14-48(15-6-1)54-28-34-63-64-35-29-55(49-16-7-2-8-17-49)43-70(64)77(69(63)42-54)60-32-38-67-68-39-33-61(47-74(68)79(73(67)46-60)62-40-58-26-24-52-22-13-23-53-25-27-59(41-62)76(58)75(52)53)78-71-44-56(50-18-9-3-10-19-50)30-36-65(71)66-37-31-57(45-72(66)78)51-20-11-4-12-21-51/h1-47H. The summed E-state index contributed by atoms with van der Waals surface area (Å²) in [5, 5.41) is 14.9. The first-order chi connectivity index (χ1) is 39.1. The number of aromatic nitrogens is 3. The summed E-state index contributed by atoms with van der Waals surface area (Å²) in [7, 11) is 0. The predicted octanol–water partition coefficient (Wildman–Crippen LogP) is 20.5. The third-order valence-electron chi connectivity index (χ3n) is 16.9. The summed E-state index contributed by atoms with van der Waals surface area (Å²) in [6, 6.07) is 106. The molecule has 0 atom stereocenters. The maximum Gasteiger partial charge on any atom is 0.0561 e. The minimum atomic E-state index is 1.11. The van der Waals surface area contributed by atoms with Gasteiger partial charge >= 0.3 is 0 Å². The van der Waals surface area contributed by atoms with E-state index in [4.69, 9.17) is 0 Å². The highest BCUT2D eigenvalue weighted by molar-refractivity contribution is 6.24. The minimum Gasteiger partial charge on any atom is -0.309 e. The molecule has 0 spiro atoms. The van der Waals surface area contributed by atoms with E-state index in [9.17, 15) is 0 Å². The molecule has 0 aliphatic carbocycles. The fourth-order valence-corrected chi connectivity index (χ4v) is 13.3. The summed E-state index contributed by atoms with van der Waals surface area (Å²) >= 11 is 0. The molecule has 0 saturated heterocycles. The molecule has 0 radical (unpaired) electrons. The number of rotatable bonds is 7. The number of benzene rings is 14. The summed E-state index contributed by atoms with van der Waals surface area (Å²) < 4.78 is 7.55. The van der Waals surface area contributed by atoms with E-state index in [0.29, 0.717) is 0 Å². The number of nitrogens with zero attached hydrogens (tertiary/aromatic N) is 3. The Balaban J connectivity index is 0.963. The first-order valence-electron chi connectivity index (χ1n) is 27.3. The summed E-state index contributed by atoms with van der Waals surface area (Å²) in [4.78, 5) is 0. The summed E-state index contributed by atoms with van der Waals surface area (Å²) in [5.41, 5.74) is 19.9. The number of fused-ring (bicyclic) bond motifs is 9. The molecule has 366 valence electrons. The van der Waals surface area contributed by atoms with Gasteiger partial charge in [0, 0.05) is 49.4 Å². The smallest absolute Gasteiger partial charge is 0.0561 e. The van der Waals surface area contributed by atoms with E-state index < -0.39 is 0 Å². The van der Waals surface area contributed by atoms with Gasteiger partial charge in [0.2, 0.25) is 0 Å². The zero-order valence-electron chi connectivity index (χ0n) is 43.0. The lowest BCUT2D eigenvalue weighted by molar-refractivity contribution is 1.15. The fourth-order valence-electron chi connectivity index (χ4n) is 13.3. The van der Waals surface area contributed by atoms with Crippen LogP contribution in [0.3, 0.4) is 0 Å². The Labute approximate surface area is 455 Å². The van der Waals surface area contributed by atoms with Crippen molar-refractivity contribution in [2.75, 3.05) is 0 Å². The lowest BCUT2D eigenvalue weighted by Crippen LogP contribution is -1.99. The highest BCUT2D eigenvalue weighted by Gasteiger charge is 2.22. The van der Waals surface area contributed by atoms with Gasteiger partial charge in [-0.2, -0.15) is 0 Å². The molecule has 17 aromatic rings. The topological polar surface area (TPSA) is 14.8 Å². The van der Waals surface area contributed by atoms with E-state index in [-0.39, 0.29) is 0 Å². The van der Waals surface area contributed by atoms with Crippen molar-refractivity contribution in [3.63, 3.8) is 0 Å². The fraction of sp³-hybridized carbons (Fsp3) is 0. The Morgan fingerprint density at radius 1 is 0.165 bits per heavy atom. The Bertz CT molecular complexity index is 4760. The van der Waals surface area contributed by atoms with Gasteiger partial charge in [0.05, 0.1) is 33.1 Å². The molecule has 0 unspecified atom stereocenters. The first-order valence-corrected chi connectivity index (χ1v) is 27.3. The average molecular weight is 1000 g/mol. The number of hydrogen-bond donors (Lipinski definition) is 0. The van der Waals surface area contributed by atoms with Crippen LogP contribution in [0.5, 0.6) is 0 Å². The second kappa shape index (κ2) is 17.0. The number of hydrogen-bond acceptors (Lipinski definition) is 0. The van der Waals surface area contributed by atoms with Gasteiger partial charge in [0.15, 0.2) is 0 Å². The van der Waals surface area contributed by atoms with Crippen molar-refractivity contribution in [1.29, 1.82) is 0 Å². The molecule has 17 rings (SSSR count). The van der Waals surface area contributed by atoms with Crippen LogP contribution in [0.1, 0.15) is 0 Å². The van der Waals surface area contributed by atoms with Crippen LogP contribution in [0, 0.1) is 0 Å². The molecule has 3 nitrogen and oxygen atoms in total. The molecule has 14 aromatic carbocycles. The quantitative estimate of drug-likeness (QED) is 0.141. The molecule has 79 heavy (non-hydrogen) atoms. The third kappa shape index (κ3) is 6.73. The molecule has 3 aromatic heterocycles. The van der Waals surface area contributed by atoms with Crippen LogP contribution in [0.2, 0.25) is 0 Å². The van der Waals surface area contributed by atoms with Gasteiger partial charge in [-0.25, -0.2) is 0 Å². The van der Waals surface area contributed by atoms with E-state index in [1.54, 1.807) is 0 Å². The summed E-state index contributed by atoms with van der Waals surface area (Å²) in [5.74, 6) is 0. The Morgan fingerprint density at radius 2 is 0.443 bits per heavy atom. The molecule has 3 heterocycles. The van der Waals surface area contributed by atoms with E-state index in [0.717, 1.165) is 28.1 Å². The maximum atomic E-state index is 2.55. The molecular formula is C76H47N3. The molecular weight excluding hydrogens is 955 g/mol. The van der Waals surface area contributed by atoms with Crippen molar-refractivity contribution in [2.45, 2.75) is 0 Å². The van der Waals surface area contributed by atoms with E-state index in [2.05, 4.69) is 299 Å². The SMILES string of the molecule is c1ccc(-c2ccc3c4ccc(-c5ccccc5)cc4n(-c4ccc5c6ccc(-n7c8cc(-c9ccccc9)ccc8c8ccc(-c9ccccc9)cc87)cc6n(-c6cc7ccc8cccc9ccc(c6)c7c89)c5c4)c3c2)cc1. The average Bonchev–Trinajstić information content (AvgIpc) is 4.34. The van der Waals surface area contributed by atoms with Crippen molar-refractivity contribution in [3.8, 4) is 61.6 Å². The van der Waals surface area contributed by atoms with Crippen molar-refractivity contribution >= 4 is 97.7 Å². The monoisotopic (exact) mass is 1000 g/mol. The van der Waals surface area contributed by atoms with Crippen LogP contribution in [-0.4, -0.2) is 13.7 Å². The van der Waals surface area contributed by atoms with Gasteiger partial charge in [-0.15, -0.1) is 0 Å². The first kappa shape index (κ1) is 43.7. The minimum absolute atomic E-state index is 1.11. The lowest BCUT2D eigenvalue weighted by atomic mass is 9.94. The lowest BCUT2D eigenvalue weighted by Gasteiger charge is -2.16. The van der Waals surface area contributed by atoms with Gasteiger partial charge in [-0.3, -0.25) is 0 Å². The van der Waals surface area contributed by atoms with Gasteiger partial charge in [-0.05, 0) is 137 Å². The molecule has 0 bridgehead atoms. The van der Waals surface area contributed by atoms with Crippen LogP contribution in [0.25, 0.3) is 159 Å².